The molecule has 0 aliphatic carbocycles. The first-order valence-corrected chi connectivity index (χ1v) is 8.09. The minimum absolute atomic E-state index is 0.0757. The van der Waals surface area contributed by atoms with Crippen LogP contribution in [0.25, 0.3) is 0 Å². The molecule has 2 rings (SSSR count). The van der Waals surface area contributed by atoms with Gasteiger partial charge in [0.15, 0.2) is 0 Å². The summed E-state index contributed by atoms with van der Waals surface area (Å²) in [6.07, 6.45) is 1.36. The largest absolute Gasteiger partial charge is 0.324 e. The van der Waals surface area contributed by atoms with E-state index in [0.717, 1.165) is 12.1 Å². The fourth-order valence-electron chi connectivity index (χ4n) is 1.82. The van der Waals surface area contributed by atoms with Crippen LogP contribution in [0.2, 0.25) is 5.15 Å². The van der Waals surface area contributed by atoms with E-state index in [2.05, 4.69) is 9.71 Å². The fraction of sp³-hybridized carbons (Fsp3) is 0.308. The van der Waals surface area contributed by atoms with Gasteiger partial charge in [0.25, 0.3) is 10.0 Å². The quantitative estimate of drug-likeness (QED) is 0.910. The van der Waals surface area contributed by atoms with E-state index in [9.17, 15) is 8.42 Å². The van der Waals surface area contributed by atoms with E-state index in [0.29, 0.717) is 5.69 Å². The number of halogens is 1. The van der Waals surface area contributed by atoms with E-state index in [1.54, 1.807) is 19.2 Å². The minimum atomic E-state index is -3.78. The number of imidazole rings is 1. The first kappa shape index (κ1) is 15.8. The van der Waals surface area contributed by atoms with Crippen LogP contribution >= 0.6 is 11.6 Å². The van der Waals surface area contributed by atoms with Crippen molar-refractivity contribution in [3.05, 3.63) is 41.3 Å². The van der Waals surface area contributed by atoms with Crippen molar-refractivity contribution in [3.63, 3.8) is 0 Å². The van der Waals surface area contributed by atoms with Gasteiger partial charge >= 0.3 is 0 Å². The summed E-state index contributed by atoms with van der Waals surface area (Å²) in [6.45, 7) is 0.791. The van der Waals surface area contributed by atoms with Crippen LogP contribution in [0.15, 0.2) is 35.6 Å². The Hall–Kier alpha value is -1.57. The molecule has 1 aromatic heterocycles. The number of anilines is 1. The van der Waals surface area contributed by atoms with E-state index in [1.165, 1.54) is 10.9 Å². The number of sulfonamides is 1. The van der Waals surface area contributed by atoms with Gasteiger partial charge in [-0.1, -0.05) is 23.7 Å². The van der Waals surface area contributed by atoms with Gasteiger partial charge in [-0.2, -0.15) is 8.42 Å². The lowest BCUT2D eigenvalue weighted by atomic mass is 10.2. The first-order valence-electron chi connectivity index (χ1n) is 6.23. The molecule has 114 valence electrons. The molecule has 0 amide bonds. The molecule has 0 radical (unpaired) electrons. The highest BCUT2D eigenvalue weighted by Gasteiger charge is 2.22. The summed E-state index contributed by atoms with van der Waals surface area (Å²) in [6, 6.07) is 7.18. The number of hydrogen-bond donors (Lipinski definition) is 1. The van der Waals surface area contributed by atoms with Crippen LogP contribution in [0.5, 0.6) is 0 Å². The number of nitrogens with one attached hydrogen (secondary N) is 1. The van der Waals surface area contributed by atoms with Gasteiger partial charge < -0.3 is 9.47 Å². The topological polar surface area (TPSA) is 67.2 Å². The maximum atomic E-state index is 12.2. The molecule has 0 unspecified atom stereocenters. The third-order valence-electron chi connectivity index (χ3n) is 2.79. The van der Waals surface area contributed by atoms with Crippen LogP contribution in [-0.2, 0) is 23.6 Å². The zero-order valence-electron chi connectivity index (χ0n) is 12.0. The van der Waals surface area contributed by atoms with Gasteiger partial charge in [-0.25, -0.2) is 4.98 Å². The Morgan fingerprint density at radius 3 is 2.38 bits per heavy atom. The lowest BCUT2D eigenvalue weighted by Crippen LogP contribution is -2.14. The molecule has 0 saturated heterocycles. The van der Waals surface area contributed by atoms with Crippen LogP contribution < -0.4 is 4.72 Å². The molecule has 21 heavy (non-hydrogen) atoms. The molecule has 8 heteroatoms. The standard InChI is InChI=1S/C13H17ClN4O2S/c1-17(2)8-10-4-6-11(7-5-10)16-21(19,20)13-12(14)18(3)9-15-13/h4-7,9,16H,8H2,1-3H3. The smallest absolute Gasteiger partial charge is 0.282 e. The predicted molar refractivity (Wildman–Crippen MR) is 82.9 cm³/mol. The van der Waals surface area contributed by atoms with Crippen molar-refractivity contribution in [3.8, 4) is 0 Å². The molecular formula is C13H17ClN4O2S. The van der Waals surface area contributed by atoms with E-state index >= 15 is 0 Å². The lowest BCUT2D eigenvalue weighted by Gasteiger charge is -2.11. The van der Waals surface area contributed by atoms with Gasteiger partial charge in [-0.3, -0.25) is 4.72 Å². The van der Waals surface area contributed by atoms with Crippen molar-refractivity contribution in [1.82, 2.24) is 14.5 Å². The van der Waals surface area contributed by atoms with Crippen molar-refractivity contribution in [1.29, 1.82) is 0 Å². The molecule has 0 aliphatic heterocycles. The molecule has 0 aliphatic rings. The number of hydrogen-bond acceptors (Lipinski definition) is 4. The highest BCUT2D eigenvalue weighted by atomic mass is 35.5. The normalized spacial score (nSPS) is 11.9. The Balaban J connectivity index is 2.19. The second-order valence-corrected chi connectivity index (χ2v) is 6.95. The third-order valence-corrected chi connectivity index (χ3v) is 4.66. The first-order chi connectivity index (χ1) is 9.79. The van der Waals surface area contributed by atoms with Crippen molar-refractivity contribution >= 4 is 27.3 Å². The van der Waals surface area contributed by atoms with Crippen LogP contribution in [0.4, 0.5) is 5.69 Å². The number of aryl methyl sites for hydroxylation is 1. The zero-order valence-corrected chi connectivity index (χ0v) is 13.6. The summed E-state index contributed by atoms with van der Waals surface area (Å²) in [5, 5.41) is -0.101. The molecule has 1 aromatic carbocycles. The fourth-order valence-corrected chi connectivity index (χ4v) is 3.31. The summed E-state index contributed by atoms with van der Waals surface area (Å²) in [7, 11) is 1.79. The Morgan fingerprint density at radius 2 is 1.90 bits per heavy atom. The predicted octanol–water partition coefficient (Wildman–Crippen LogP) is 1.94. The van der Waals surface area contributed by atoms with E-state index < -0.39 is 10.0 Å². The lowest BCUT2D eigenvalue weighted by molar-refractivity contribution is 0.402. The number of rotatable bonds is 5. The highest BCUT2D eigenvalue weighted by molar-refractivity contribution is 7.92. The van der Waals surface area contributed by atoms with Gasteiger partial charge in [0.2, 0.25) is 5.03 Å². The molecule has 0 atom stereocenters. The molecule has 0 saturated carbocycles. The Labute approximate surface area is 129 Å². The Kier molecular flexibility index (Phi) is 4.55. The van der Waals surface area contributed by atoms with Gasteiger partial charge in [0.05, 0.1) is 6.33 Å². The minimum Gasteiger partial charge on any atom is -0.324 e. The second-order valence-electron chi connectivity index (χ2n) is 4.99. The Bertz CT molecular complexity index is 723. The average Bonchev–Trinajstić information content (AvgIpc) is 2.72. The van der Waals surface area contributed by atoms with E-state index in [4.69, 9.17) is 11.6 Å². The van der Waals surface area contributed by atoms with Crippen molar-refractivity contribution in [2.45, 2.75) is 11.6 Å². The zero-order chi connectivity index (χ0) is 15.6. The van der Waals surface area contributed by atoms with Gasteiger partial charge in [0, 0.05) is 19.3 Å². The molecule has 6 nitrogen and oxygen atoms in total. The molecule has 0 spiro atoms. The van der Waals surface area contributed by atoms with E-state index in [1.807, 2.05) is 31.1 Å². The number of nitrogens with zero attached hydrogens (tertiary/aromatic N) is 3. The number of benzene rings is 1. The van der Waals surface area contributed by atoms with Crippen LogP contribution in [-0.4, -0.2) is 37.0 Å². The third kappa shape index (κ3) is 3.75. The van der Waals surface area contributed by atoms with Crippen LogP contribution in [0.1, 0.15) is 5.56 Å². The highest BCUT2D eigenvalue weighted by Crippen LogP contribution is 2.22. The van der Waals surface area contributed by atoms with Gasteiger partial charge in [-0.05, 0) is 31.8 Å². The molecular weight excluding hydrogens is 312 g/mol. The van der Waals surface area contributed by atoms with E-state index in [-0.39, 0.29) is 10.2 Å². The average molecular weight is 329 g/mol. The second kappa shape index (κ2) is 6.05. The van der Waals surface area contributed by atoms with Gasteiger partial charge in [-0.15, -0.1) is 0 Å². The molecule has 0 bridgehead atoms. The number of aromatic nitrogens is 2. The van der Waals surface area contributed by atoms with Crippen molar-refractivity contribution in [2.75, 3.05) is 18.8 Å². The maximum Gasteiger partial charge on any atom is 0.282 e. The SMILES string of the molecule is CN(C)Cc1ccc(NS(=O)(=O)c2ncn(C)c2Cl)cc1. The summed E-state index contributed by atoms with van der Waals surface area (Å²) < 4.78 is 28.3. The van der Waals surface area contributed by atoms with Crippen LogP contribution in [0, 0.1) is 0 Å². The summed E-state index contributed by atoms with van der Waals surface area (Å²) in [4.78, 5) is 5.85. The molecule has 1 heterocycles. The summed E-state index contributed by atoms with van der Waals surface area (Å²) in [5.74, 6) is 0. The van der Waals surface area contributed by atoms with Crippen molar-refractivity contribution < 1.29 is 8.42 Å². The molecule has 2 aromatic rings. The molecule has 0 fully saturated rings. The summed E-state index contributed by atoms with van der Waals surface area (Å²) >= 11 is 5.92. The van der Waals surface area contributed by atoms with Crippen LogP contribution in [0.3, 0.4) is 0 Å². The van der Waals surface area contributed by atoms with Crippen molar-refractivity contribution in [2.24, 2.45) is 7.05 Å². The maximum absolute atomic E-state index is 12.2. The van der Waals surface area contributed by atoms with Gasteiger partial charge in [0.1, 0.15) is 5.15 Å². The Morgan fingerprint density at radius 1 is 1.29 bits per heavy atom. The molecule has 1 N–H and O–H groups in total. The summed E-state index contributed by atoms with van der Waals surface area (Å²) in [5.41, 5.74) is 1.57. The monoisotopic (exact) mass is 328 g/mol.